The average molecular weight is 306 g/mol. The van der Waals surface area contributed by atoms with Crippen LogP contribution in [-0.2, 0) is 16.8 Å². The molecule has 1 atom stereocenters. The summed E-state index contributed by atoms with van der Waals surface area (Å²) in [5.41, 5.74) is 0.541. The smallest absolute Gasteiger partial charge is 0.251 e. The number of hydrogen-bond donors (Lipinski definition) is 0. The van der Waals surface area contributed by atoms with E-state index >= 15 is 0 Å². The lowest BCUT2D eigenvalue weighted by Crippen LogP contribution is -2.23. The maximum absolute atomic E-state index is 11.2. The Morgan fingerprint density at radius 3 is 2.68 bits per heavy atom. The lowest BCUT2D eigenvalue weighted by molar-refractivity contribution is -0.128. The van der Waals surface area contributed by atoms with E-state index < -0.39 is 0 Å². The number of aromatic nitrogens is 5. The van der Waals surface area contributed by atoms with E-state index in [-0.39, 0.29) is 17.4 Å². The van der Waals surface area contributed by atoms with E-state index in [1.54, 1.807) is 22.8 Å². The Morgan fingerprint density at radius 2 is 2.14 bits per heavy atom. The van der Waals surface area contributed by atoms with Gasteiger partial charge < -0.3 is 9.42 Å². The van der Waals surface area contributed by atoms with Crippen LogP contribution >= 0.6 is 0 Å². The predicted octanol–water partition coefficient (Wildman–Crippen LogP) is 1.55. The van der Waals surface area contributed by atoms with Gasteiger partial charge in [0, 0.05) is 19.4 Å². The molecule has 8 nitrogen and oxygen atoms in total. The molecule has 120 valence electrons. The minimum absolute atomic E-state index is 0.0191. The van der Waals surface area contributed by atoms with Crippen molar-refractivity contribution in [1.29, 1.82) is 0 Å². The highest BCUT2D eigenvalue weighted by molar-refractivity contribution is 5.72. The molecule has 1 unspecified atom stereocenters. The predicted molar refractivity (Wildman–Crippen MR) is 79.0 cm³/mol. The molecule has 0 spiro atoms. The second-order valence-electron chi connectivity index (χ2n) is 6.45. The van der Waals surface area contributed by atoms with E-state index in [0.717, 1.165) is 0 Å². The first-order valence-electron chi connectivity index (χ1n) is 7.15. The Labute approximate surface area is 129 Å². The first-order chi connectivity index (χ1) is 10.2. The fourth-order valence-corrected chi connectivity index (χ4v) is 1.75. The second kappa shape index (κ2) is 5.86. The van der Waals surface area contributed by atoms with Crippen molar-refractivity contribution in [1.82, 2.24) is 30.0 Å². The van der Waals surface area contributed by atoms with Crippen molar-refractivity contribution < 1.29 is 9.32 Å². The fourth-order valence-electron chi connectivity index (χ4n) is 1.75. The van der Waals surface area contributed by atoms with E-state index in [0.29, 0.717) is 24.0 Å². The molecule has 22 heavy (non-hydrogen) atoms. The Bertz CT molecular complexity index is 654. The molecule has 2 rings (SSSR count). The largest absolute Gasteiger partial charge is 0.340 e. The third-order valence-electron chi connectivity index (χ3n) is 3.36. The van der Waals surface area contributed by atoms with Gasteiger partial charge in [0.15, 0.2) is 5.82 Å². The van der Waals surface area contributed by atoms with Gasteiger partial charge in [0.05, 0.1) is 12.7 Å². The van der Waals surface area contributed by atoms with Crippen LogP contribution in [0.5, 0.6) is 0 Å². The van der Waals surface area contributed by atoms with Crippen molar-refractivity contribution >= 4 is 5.91 Å². The fraction of sp³-hybridized carbons (Fsp3) is 0.643. The van der Waals surface area contributed by atoms with E-state index in [9.17, 15) is 4.79 Å². The molecule has 0 saturated heterocycles. The highest BCUT2D eigenvalue weighted by Crippen LogP contribution is 2.22. The van der Waals surface area contributed by atoms with Crippen LogP contribution in [0.1, 0.15) is 58.1 Å². The van der Waals surface area contributed by atoms with Gasteiger partial charge in [-0.25, -0.2) is 4.68 Å². The van der Waals surface area contributed by atoms with Crippen LogP contribution in [-0.4, -0.2) is 43.0 Å². The first kappa shape index (κ1) is 16.1. The van der Waals surface area contributed by atoms with Crippen LogP contribution in [0.15, 0.2) is 10.7 Å². The molecule has 2 aromatic heterocycles. The van der Waals surface area contributed by atoms with Crippen molar-refractivity contribution in [2.45, 2.75) is 52.6 Å². The highest BCUT2D eigenvalue weighted by Gasteiger charge is 2.24. The summed E-state index contributed by atoms with van der Waals surface area (Å²) in [7, 11) is 1.72. The van der Waals surface area contributed by atoms with Gasteiger partial charge in [-0.3, -0.25) is 4.79 Å². The molecule has 0 fully saturated rings. The van der Waals surface area contributed by atoms with Crippen LogP contribution < -0.4 is 0 Å². The van der Waals surface area contributed by atoms with Gasteiger partial charge in [-0.15, -0.1) is 5.10 Å². The van der Waals surface area contributed by atoms with E-state index in [1.165, 1.54) is 6.92 Å². The lowest BCUT2D eigenvalue weighted by Gasteiger charge is -2.12. The Hall–Kier alpha value is -2.25. The summed E-state index contributed by atoms with van der Waals surface area (Å²) in [6, 6.07) is -0.215. The highest BCUT2D eigenvalue weighted by atomic mass is 16.5. The van der Waals surface area contributed by atoms with Gasteiger partial charge >= 0.3 is 0 Å². The minimum atomic E-state index is -0.215. The number of rotatable bonds is 4. The van der Waals surface area contributed by atoms with Crippen molar-refractivity contribution in [3.63, 3.8) is 0 Å². The standard InChI is InChI=1S/C14H22N6O2/c1-9(12-15-13(17-22-12)14(3,4)5)20-8-11(16-18-20)7-19(6)10(2)21/h8-9H,7H2,1-6H3. The van der Waals surface area contributed by atoms with Crippen LogP contribution in [0.25, 0.3) is 0 Å². The zero-order chi connectivity index (χ0) is 16.5. The molecule has 0 aliphatic rings. The summed E-state index contributed by atoms with van der Waals surface area (Å²) in [5, 5.41) is 12.2. The number of nitrogens with zero attached hydrogens (tertiary/aromatic N) is 6. The summed E-state index contributed by atoms with van der Waals surface area (Å²) < 4.78 is 6.98. The molecule has 0 aromatic carbocycles. The molecule has 0 aliphatic heterocycles. The second-order valence-corrected chi connectivity index (χ2v) is 6.45. The number of carbonyl (C=O) groups excluding carboxylic acids is 1. The number of hydrogen-bond acceptors (Lipinski definition) is 6. The first-order valence-corrected chi connectivity index (χ1v) is 7.15. The van der Waals surface area contributed by atoms with Gasteiger partial charge in [-0.2, -0.15) is 4.98 Å². The lowest BCUT2D eigenvalue weighted by atomic mass is 9.96. The van der Waals surface area contributed by atoms with E-state index in [2.05, 4.69) is 20.5 Å². The van der Waals surface area contributed by atoms with Crippen molar-refractivity contribution in [2.75, 3.05) is 7.05 Å². The molecule has 8 heteroatoms. The molecule has 2 aromatic rings. The van der Waals surface area contributed by atoms with Gasteiger partial charge in [0.1, 0.15) is 11.7 Å². The zero-order valence-electron chi connectivity index (χ0n) is 13.9. The van der Waals surface area contributed by atoms with Gasteiger partial charge in [-0.05, 0) is 6.92 Å². The van der Waals surface area contributed by atoms with Crippen molar-refractivity contribution in [2.24, 2.45) is 0 Å². The maximum Gasteiger partial charge on any atom is 0.251 e. The summed E-state index contributed by atoms with van der Waals surface area (Å²) >= 11 is 0. The third-order valence-corrected chi connectivity index (χ3v) is 3.36. The average Bonchev–Trinajstić information content (AvgIpc) is 3.05. The Morgan fingerprint density at radius 1 is 1.45 bits per heavy atom. The molecular weight excluding hydrogens is 284 g/mol. The monoisotopic (exact) mass is 306 g/mol. The molecule has 0 saturated carbocycles. The summed E-state index contributed by atoms with van der Waals surface area (Å²) in [4.78, 5) is 17.2. The summed E-state index contributed by atoms with van der Waals surface area (Å²) in [5.74, 6) is 1.13. The van der Waals surface area contributed by atoms with Crippen molar-refractivity contribution in [3.8, 4) is 0 Å². The molecular formula is C14H22N6O2. The molecule has 1 amide bonds. The van der Waals surface area contributed by atoms with Gasteiger partial charge in [0.25, 0.3) is 5.89 Å². The van der Waals surface area contributed by atoms with Crippen molar-refractivity contribution in [3.05, 3.63) is 23.6 Å². The van der Waals surface area contributed by atoms with Gasteiger partial charge in [-0.1, -0.05) is 31.1 Å². The quantitative estimate of drug-likeness (QED) is 0.851. The maximum atomic E-state index is 11.2. The van der Waals surface area contributed by atoms with Crippen LogP contribution in [0.4, 0.5) is 0 Å². The zero-order valence-corrected chi connectivity index (χ0v) is 13.9. The topological polar surface area (TPSA) is 89.9 Å². The minimum Gasteiger partial charge on any atom is -0.340 e. The SMILES string of the molecule is CC(=O)N(C)Cc1cn(C(C)c2nc(C(C)(C)C)no2)nn1. The van der Waals surface area contributed by atoms with E-state index in [1.807, 2.05) is 27.7 Å². The summed E-state index contributed by atoms with van der Waals surface area (Å²) in [6.45, 7) is 9.91. The molecule has 0 bridgehead atoms. The molecule has 0 aliphatic carbocycles. The van der Waals surface area contributed by atoms with E-state index in [4.69, 9.17) is 4.52 Å². The summed E-state index contributed by atoms with van der Waals surface area (Å²) in [6.07, 6.45) is 1.78. The van der Waals surface area contributed by atoms with Crippen LogP contribution in [0, 0.1) is 0 Å². The van der Waals surface area contributed by atoms with Crippen LogP contribution in [0.3, 0.4) is 0 Å². The number of amides is 1. The Kier molecular flexibility index (Phi) is 4.30. The normalized spacial score (nSPS) is 13.2. The molecule has 2 heterocycles. The Balaban J connectivity index is 2.13. The molecule has 0 N–H and O–H groups in total. The van der Waals surface area contributed by atoms with Gasteiger partial charge in [0.2, 0.25) is 5.91 Å². The third kappa shape index (κ3) is 3.49. The number of carbonyl (C=O) groups is 1. The molecule has 0 radical (unpaired) electrons. The van der Waals surface area contributed by atoms with Crippen LogP contribution in [0.2, 0.25) is 0 Å².